The Morgan fingerprint density at radius 1 is 1.18 bits per heavy atom. The fourth-order valence-electron chi connectivity index (χ4n) is 1.75. The number of hydrogen-bond donors (Lipinski definition) is 0. The van der Waals surface area contributed by atoms with Crippen molar-refractivity contribution in [3.8, 4) is 0 Å². The molecule has 0 radical (unpaired) electrons. The quantitative estimate of drug-likeness (QED) is 0.500. The predicted octanol–water partition coefficient (Wildman–Crippen LogP) is 4.68. The van der Waals surface area contributed by atoms with E-state index in [-0.39, 0.29) is 0 Å². The molecule has 0 fully saturated rings. The Hall–Kier alpha value is -0.340. The first-order chi connectivity index (χ1) is 8.27. The molecule has 0 amide bonds. The third kappa shape index (κ3) is 5.69. The molecule has 0 aromatic heterocycles. The molecule has 0 aliphatic rings. The van der Waals surface area contributed by atoms with Crippen molar-refractivity contribution >= 4 is 15.9 Å². The minimum absolute atomic E-state index is 0.567. The highest BCUT2D eigenvalue weighted by atomic mass is 79.9. The Balaban J connectivity index is 2.35. The van der Waals surface area contributed by atoms with Crippen LogP contribution in [0, 0.1) is 6.92 Å². The second-order valence-corrected chi connectivity index (χ2v) is 5.16. The lowest BCUT2D eigenvalue weighted by molar-refractivity contribution is 0.125. The van der Waals surface area contributed by atoms with Crippen LogP contribution in [0.25, 0.3) is 0 Å². The van der Waals surface area contributed by atoms with Crippen LogP contribution < -0.4 is 0 Å². The van der Waals surface area contributed by atoms with Crippen LogP contribution in [0.4, 0.5) is 0 Å². The van der Waals surface area contributed by atoms with Crippen LogP contribution in [0.2, 0.25) is 0 Å². The molecule has 1 atom stereocenters. The molecule has 17 heavy (non-hydrogen) atoms. The number of hydrogen-bond acceptors (Lipinski definition) is 1. The summed E-state index contributed by atoms with van der Waals surface area (Å²) in [6, 6.07) is 8.83. The van der Waals surface area contributed by atoms with Gasteiger partial charge >= 0.3 is 0 Å². The van der Waals surface area contributed by atoms with E-state index in [1.807, 2.05) is 0 Å². The Labute approximate surface area is 114 Å². The molecule has 2 heteroatoms. The van der Waals surface area contributed by atoms with Crippen molar-refractivity contribution in [2.45, 2.75) is 39.0 Å². The van der Waals surface area contributed by atoms with E-state index in [1.54, 1.807) is 0 Å². The van der Waals surface area contributed by atoms with Gasteiger partial charge in [0.25, 0.3) is 0 Å². The van der Waals surface area contributed by atoms with E-state index >= 15 is 0 Å². The van der Waals surface area contributed by atoms with E-state index in [1.165, 1.54) is 24.0 Å². The number of benzene rings is 1. The summed E-state index contributed by atoms with van der Waals surface area (Å²) in [6.07, 6.45) is 3.47. The van der Waals surface area contributed by atoms with Gasteiger partial charge in [-0.1, -0.05) is 59.1 Å². The van der Waals surface area contributed by atoms with E-state index in [0.717, 1.165) is 25.0 Å². The van der Waals surface area contributed by atoms with Crippen LogP contribution in [-0.4, -0.2) is 18.5 Å². The summed E-state index contributed by atoms with van der Waals surface area (Å²) in [5.74, 6) is 0.567. The molecule has 0 heterocycles. The molecule has 0 saturated carbocycles. The number of rotatable bonds is 8. The van der Waals surface area contributed by atoms with Crippen LogP contribution in [0.5, 0.6) is 0 Å². The van der Waals surface area contributed by atoms with E-state index < -0.39 is 0 Å². The highest BCUT2D eigenvalue weighted by Crippen LogP contribution is 2.22. The Morgan fingerprint density at radius 3 is 2.47 bits per heavy atom. The monoisotopic (exact) mass is 298 g/mol. The summed E-state index contributed by atoms with van der Waals surface area (Å²) in [4.78, 5) is 0. The summed E-state index contributed by atoms with van der Waals surface area (Å²) in [7, 11) is 0. The van der Waals surface area contributed by atoms with E-state index in [2.05, 4.69) is 54.0 Å². The molecule has 0 aliphatic heterocycles. The average Bonchev–Trinajstić information content (AvgIpc) is 2.35. The van der Waals surface area contributed by atoms with Crippen molar-refractivity contribution in [1.82, 2.24) is 0 Å². The molecule has 0 aliphatic carbocycles. The standard InChI is InChI=1S/C15H23BrO/c1-3-4-10-17-11-9-15(12-16)14-7-5-13(2)6-8-14/h5-8,15H,3-4,9-12H2,1-2H3. The summed E-state index contributed by atoms with van der Waals surface area (Å²) in [5.41, 5.74) is 2.73. The SMILES string of the molecule is CCCCOCCC(CBr)c1ccc(C)cc1. The number of unbranched alkanes of at least 4 members (excludes halogenated alkanes) is 1. The first-order valence-corrected chi connectivity index (χ1v) is 7.60. The number of aryl methyl sites for hydroxylation is 1. The van der Waals surface area contributed by atoms with Crippen LogP contribution in [0.1, 0.15) is 43.2 Å². The van der Waals surface area contributed by atoms with Crippen LogP contribution in [0.3, 0.4) is 0 Å². The van der Waals surface area contributed by atoms with Crippen molar-refractivity contribution in [1.29, 1.82) is 0 Å². The molecule has 0 bridgehead atoms. The van der Waals surface area contributed by atoms with Gasteiger partial charge in [-0.2, -0.15) is 0 Å². The van der Waals surface area contributed by atoms with Crippen LogP contribution >= 0.6 is 15.9 Å². The molecule has 1 nitrogen and oxygen atoms in total. The molecule has 96 valence electrons. The summed E-state index contributed by atoms with van der Waals surface area (Å²) < 4.78 is 5.63. The van der Waals surface area contributed by atoms with E-state index in [4.69, 9.17) is 4.74 Å². The zero-order chi connectivity index (χ0) is 12.5. The summed E-state index contributed by atoms with van der Waals surface area (Å²) in [5, 5.41) is 1.01. The van der Waals surface area contributed by atoms with Gasteiger partial charge in [0.2, 0.25) is 0 Å². The lowest BCUT2D eigenvalue weighted by Gasteiger charge is -2.14. The molecule has 1 unspecified atom stereocenters. The fraction of sp³-hybridized carbons (Fsp3) is 0.600. The zero-order valence-electron chi connectivity index (χ0n) is 10.9. The normalized spacial score (nSPS) is 12.6. The van der Waals surface area contributed by atoms with Gasteiger partial charge in [-0.25, -0.2) is 0 Å². The summed E-state index contributed by atoms with van der Waals surface area (Å²) in [6.45, 7) is 6.08. The Bertz CT molecular complexity index is 294. The fourth-order valence-corrected chi connectivity index (χ4v) is 2.44. The number of alkyl halides is 1. The second-order valence-electron chi connectivity index (χ2n) is 4.52. The van der Waals surface area contributed by atoms with Crippen molar-refractivity contribution in [2.24, 2.45) is 0 Å². The molecule has 1 aromatic carbocycles. The maximum atomic E-state index is 5.63. The largest absolute Gasteiger partial charge is 0.381 e. The van der Waals surface area contributed by atoms with Gasteiger partial charge in [-0.3, -0.25) is 0 Å². The molecule has 1 rings (SSSR count). The minimum atomic E-state index is 0.567. The maximum absolute atomic E-state index is 5.63. The smallest absolute Gasteiger partial charge is 0.0472 e. The number of halogens is 1. The molecule has 0 saturated heterocycles. The first kappa shape index (κ1) is 14.7. The second kappa shape index (κ2) is 8.71. The molecule has 1 aromatic rings. The van der Waals surface area contributed by atoms with Gasteiger partial charge in [0.15, 0.2) is 0 Å². The zero-order valence-corrected chi connectivity index (χ0v) is 12.5. The summed E-state index contributed by atoms with van der Waals surface area (Å²) >= 11 is 3.60. The van der Waals surface area contributed by atoms with Crippen LogP contribution in [-0.2, 0) is 4.74 Å². The van der Waals surface area contributed by atoms with Crippen molar-refractivity contribution in [3.63, 3.8) is 0 Å². The first-order valence-electron chi connectivity index (χ1n) is 6.48. The lowest BCUT2D eigenvalue weighted by atomic mass is 9.97. The van der Waals surface area contributed by atoms with E-state index in [9.17, 15) is 0 Å². The van der Waals surface area contributed by atoms with Gasteiger partial charge in [0.1, 0.15) is 0 Å². The van der Waals surface area contributed by atoms with Gasteiger partial charge in [0, 0.05) is 18.5 Å². The molecular weight excluding hydrogens is 276 g/mol. The number of ether oxygens (including phenoxy) is 1. The Kier molecular flexibility index (Phi) is 7.54. The maximum Gasteiger partial charge on any atom is 0.0472 e. The van der Waals surface area contributed by atoms with Crippen LogP contribution in [0.15, 0.2) is 24.3 Å². The topological polar surface area (TPSA) is 9.23 Å². The highest BCUT2D eigenvalue weighted by molar-refractivity contribution is 9.09. The van der Waals surface area contributed by atoms with E-state index in [0.29, 0.717) is 5.92 Å². The van der Waals surface area contributed by atoms with Crippen molar-refractivity contribution in [3.05, 3.63) is 35.4 Å². The third-order valence-electron chi connectivity index (χ3n) is 2.99. The van der Waals surface area contributed by atoms with Gasteiger partial charge in [-0.15, -0.1) is 0 Å². The van der Waals surface area contributed by atoms with Gasteiger partial charge < -0.3 is 4.74 Å². The third-order valence-corrected chi connectivity index (χ3v) is 3.77. The molecular formula is C15H23BrO. The van der Waals surface area contributed by atoms with Crippen molar-refractivity contribution < 1.29 is 4.74 Å². The Morgan fingerprint density at radius 2 is 1.88 bits per heavy atom. The van der Waals surface area contributed by atoms with Crippen molar-refractivity contribution in [2.75, 3.05) is 18.5 Å². The van der Waals surface area contributed by atoms with Gasteiger partial charge in [-0.05, 0) is 31.2 Å². The minimum Gasteiger partial charge on any atom is -0.381 e. The predicted molar refractivity (Wildman–Crippen MR) is 78.1 cm³/mol. The highest BCUT2D eigenvalue weighted by Gasteiger charge is 2.09. The van der Waals surface area contributed by atoms with Gasteiger partial charge in [0.05, 0.1) is 0 Å². The molecule has 0 spiro atoms. The molecule has 0 N–H and O–H groups in total. The lowest BCUT2D eigenvalue weighted by Crippen LogP contribution is -2.06. The average molecular weight is 299 g/mol.